The Kier molecular flexibility index (Phi) is 11.3. The SMILES string of the molecule is C=CC=O.CCOc1ccc(-c2ccc(CCO)cc2)c(OCCOC)c1. The molecule has 0 spiro atoms. The van der Waals surface area contributed by atoms with Crippen LogP contribution < -0.4 is 9.47 Å². The quantitative estimate of drug-likeness (QED) is 0.391. The molecule has 0 bridgehead atoms. The summed E-state index contributed by atoms with van der Waals surface area (Å²) in [6, 6.07) is 14.0. The molecule has 0 aliphatic heterocycles. The maximum atomic E-state index is 9.06. The molecular weight excluding hydrogens is 344 g/mol. The number of benzene rings is 2. The van der Waals surface area contributed by atoms with Crippen LogP contribution in [0, 0.1) is 0 Å². The number of allylic oxidation sites excluding steroid dienone is 1. The minimum absolute atomic E-state index is 0.160. The minimum atomic E-state index is 0.160. The largest absolute Gasteiger partial charge is 0.494 e. The van der Waals surface area contributed by atoms with Crippen LogP contribution in [0.15, 0.2) is 55.1 Å². The smallest absolute Gasteiger partial charge is 0.142 e. The number of hydrogen-bond acceptors (Lipinski definition) is 5. The lowest BCUT2D eigenvalue weighted by Crippen LogP contribution is -2.05. The van der Waals surface area contributed by atoms with E-state index in [2.05, 4.69) is 6.58 Å². The number of hydrogen-bond donors (Lipinski definition) is 1. The predicted octanol–water partition coefficient (Wildman–Crippen LogP) is 3.68. The van der Waals surface area contributed by atoms with Gasteiger partial charge in [0.2, 0.25) is 0 Å². The third kappa shape index (κ3) is 8.07. The van der Waals surface area contributed by atoms with E-state index in [4.69, 9.17) is 24.1 Å². The molecule has 0 aromatic heterocycles. The summed E-state index contributed by atoms with van der Waals surface area (Å²) in [5.74, 6) is 1.57. The molecule has 0 atom stereocenters. The zero-order chi connectivity index (χ0) is 19.9. The molecule has 0 aliphatic carbocycles. The molecule has 146 valence electrons. The van der Waals surface area contributed by atoms with Gasteiger partial charge in [-0.05, 0) is 42.7 Å². The van der Waals surface area contributed by atoms with Crippen molar-refractivity contribution in [3.8, 4) is 22.6 Å². The summed E-state index contributed by atoms with van der Waals surface area (Å²) in [5, 5.41) is 9.01. The van der Waals surface area contributed by atoms with Gasteiger partial charge in [-0.15, -0.1) is 0 Å². The Balaban J connectivity index is 0.000000828. The topological polar surface area (TPSA) is 65.0 Å². The van der Waals surface area contributed by atoms with E-state index in [9.17, 15) is 0 Å². The standard InChI is InChI=1S/C19H24O4.C3H4O/c1-3-22-17-8-9-18(19(14-17)23-13-12-21-2)16-6-4-15(5-7-16)10-11-20;1-2-3-4/h4-9,14,20H,3,10-13H2,1-2H3;2-3H,1H2. The molecule has 2 aromatic rings. The highest BCUT2D eigenvalue weighted by Crippen LogP contribution is 2.33. The van der Waals surface area contributed by atoms with Gasteiger partial charge in [0.05, 0.1) is 13.2 Å². The zero-order valence-corrected chi connectivity index (χ0v) is 16.0. The van der Waals surface area contributed by atoms with Crippen molar-refractivity contribution in [1.29, 1.82) is 0 Å². The molecule has 1 N–H and O–H groups in total. The molecule has 0 fully saturated rings. The summed E-state index contributed by atoms with van der Waals surface area (Å²) >= 11 is 0. The van der Waals surface area contributed by atoms with Gasteiger partial charge in [-0.3, -0.25) is 4.79 Å². The minimum Gasteiger partial charge on any atom is -0.494 e. The average molecular weight is 372 g/mol. The molecule has 0 heterocycles. The van der Waals surface area contributed by atoms with Crippen LogP contribution in [0.4, 0.5) is 0 Å². The van der Waals surface area contributed by atoms with E-state index in [1.165, 1.54) is 6.08 Å². The fourth-order valence-electron chi connectivity index (χ4n) is 2.33. The molecule has 27 heavy (non-hydrogen) atoms. The van der Waals surface area contributed by atoms with E-state index < -0.39 is 0 Å². The van der Waals surface area contributed by atoms with Gasteiger partial charge < -0.3 is 19.3 Å². The Morgan fingerprint density at radius 3 is 2.33 bits per heavy atom. The summed E-state index contributed by atoms with van der Waals surface area (Å²) in [4.78, 5) is 9.06. The summed E-state index contributed by atoms with van der Waals surface area (Å²) in [6.07, 6.45) is 2.50. The third-order valence-electron chi connectivity index (χ3n) is 3.57. The average Bonchev–Trinajstić information content (AvgIpc) is 2.70. The predicted molar refractivity (Wildman–Crippen MR) is 107 cm³/mol. The number of carbonyl (C=O) groups excluding carboxylic acids is 1. The van der Waals surface area contributed by atoms with Gasteiger partial charge in [0, 0.05) is 25.3 Å². The van der Waals surface area contributed by atoms with Crippen molar-refractivity contribution in [1.82, 2.24) is 0 Å². The number of rotatable bonds is 10. The molecule has 2 aromatic carbocycles. The molecule has 0 amide bonds. The molecule has 5 nitrogen and oxygen atoms in total. The number of methoxy groups -OCH3 is 1. The fraction of sp³-hybridized carbons (Fsp3) is 0.318. The second kappa shape index (κ2) is 13.6. The highest BCUT2D eigenvalue weighted by atomic mass is 16.5. The highest BCUT2D eigenvalue weighted by Gasteiger charge is 2.09. The molecule has 5 heteroatoms. The van der Waals surface area contributed by atoms with Crippen molar-refractivity contribution >= 4 is 6.29 Å². The first-order valence-corrected chi connectivity index (χ1v) is 8.85. The number of aliphatic hydroxyl groups is 1. The van der Waals surface area contributed by atoms with Gasteiger partial charge in [-0.1, -0.05) is 30.8 Å². The lowest BCUT2D eigenvalue weighted by Gasteiger charge is -2.14. The van der Waals surface area contributed by atoms with Crippen molar-refractivity contribution < 1.29 is 24.1 Å². The normalized spacial score (nSPS) is 9.74. The van der Waals surface area contributed by atoms with Crippen LogP contribution in [0.3, 0.4) is 0 Å². The number of aldehydes is 1. The van der Waals surface area contributed by atoms with E-state index in [0.29, 0.717) is 32.5 Å². The summed E-state index contributed by atoms with van der Waals surface area (Å²) in [7, 11) is 1.65. The van der Waals surface area contributed by atoms with Crippen molar-refractivity contribution in [3.05, 3.63) is 60.7 Å². The second-order valence-corrected chi connectivity index (χ2v) is 5.47. The van der Waals surface area contributed by atoms with Gasteiger partial charge >= 0.3 is 0 Å². The first-order valence-electron chi connectivity index (χ1n) is 8.85. The van der Waals surface area contributed by atoms with Gasteiger partial charge in [0.1, 0.15) is 24.4 Å². The Morgan fingerprint density at radius 2 is 1.78 bits per heavy atom. The van der Waals surface area contributed by atoms with Crippen molar-refractivity contribution in [2.75, 3.05) is 33.5 Å². The Hall–Kier alpha value is -2.63. The Labute approximate surface area is 161 Å². The molecular formula is C22H28O5. The first kappa shape index (κ1) is 22.4. The summed E-state index contributed by atoms with van der Waals surface area (Å²) in [6.45, 7) is 6.87. The molecule has 0 unspecified atom stereocenters. The number of aliphatic hydroxyl groups excluding tert-OH is 1. The molecule has 0 radical (unpaired) electrons. The maximum Gasteiger partial charge on any atom is 0.142 e. The summed E-state index contributed by atoms with van der Waals surface area (Å²) < 4.78 is 16.5. The second-order valence-electron chi connectivity index (χ2n) is 5.47. The van der Waals surface area contributed by atoms with Crippen LogP contribution in [0.5, 0.6) is 11.5 Å². The van der Waals surface area contributed by atoms with E-state index in [1.54, 1.807) is 7.11 Å². The zero-order valence-electron chi connectivity index (χ0n) is 16.0. The van der Waals surface area contributed by atoms with Crippen LogP contribution in [0.1, 0.15) is 12.5 Å². The van der Waals surface area contributed by atoms with Gasteiger partial charge in [0.25, 0.3) is 0 Å². The van der Waals surface area contributed by atoms with Gasteiger partial charge in [-0.2, -0.15) is 0 Å². The molecule has 0 saturated heterocycles. The van der Waals surface area contributed by atoms with Crippen LogP contribution in [0.2, 0.25) is 0 Å². The Morgan fingerprint density at radius 1 is 1.07 bits per heavy atom. The van der Waals surface area contributed by atoms with E-state index >= 15 is 0 Å². The summed E-state index contributed by atoms with van der Waals surface area (Å²) in [5.41, 5.74) is 3.20. The van der Waals surface area contributed by atoms with Gasteiger partial charge in [0.15, 0.2) is 0 Å². The van der Waals surface area contributed by atoms with Crippen molar-refractivity contribution in [2.45, 2.75) is 13.3 Å². The lowest BCUT2D eigenvalue weighted by molar-refractivity contribution is -0.104. The molecule has 2 rings (SSSR count). The van der Waals surface area contributed by atoms with Crippen LogP contribution in [0.25, 0.3) is 11.1 Å². The highest BCUT2D eigenvalue weighted by molar-refractivity contribution is 5.71. The fourth-order valence-corrected chi connectivity index (χ4v) is 2.33. The number of carbonyl (C=O) groups is 1. The van der Waals surface area contributed by atoms with Crippen LogP contribution in [-0.2, 0) is 16.0 Å². The molecule has 0 aliphatic rings. The van der Waals surface area contributed by atoms with Crippen LogP contribution >= 0.6 is 0 Å². The lowest BCUT2D eigenvalue weighted by atomic mass is 10.0. The number of ether oxygens (including phenoxy) is 3. The van der Waals surface area contributed by atoms with E-state index in [0.717, 1.165) is 28.2 Å². The van der Waals surface area contributed by atoms with Crippen molar-refractivity contribution in [2.24, 2.45) is 0 Å². The third-order valence-corrected chi connectivity index (χ3v) is 3.57. The van der Waals surface area contributed by atoms with Crippen LogP contribution in [-0.4, -0.2) is 44.9 Å². The maximum absolute atomic E-state index is 9.06. The Bertz CT molecular complexity index is 674. The molecule has 0 saturated carbocycles. The monoisotopic (exact) mass is 372 g/mol. The van der Waals surface area contributed by atoms with Gasteiger partial charge in [-0.25, -0.2) is 0 Å². The van der Waals surface area contributed by atoms with Crippen molar-refractivity contribution in [3.63, 3.8) is 0 Å². The van der Waals surface area contributed by atoms with E-state index in [1.807, 2.05) is 49.4 Å². The van der Waals surface area contributed by atoms with E-state index in [-0.39, 0.29) is 6.61 Å². The first-order chi connectivity index (χ1) is 13.2.